The summed E-state index contributed by atoms with van der Waals surface area (Å²) < 4.78 is 16.3. The lowest BCUT2D eigenvalue weighted by Gasteiger charge is -2.08. The largest absolute Gasteiger partial charge is 0.491 e. The molecule has 0 bridgehead atoms. The van der Waals surface area contributed by atoms with Crippen LogP contribution in [0.4, 0.5) is 0 Å². The van der Waals surface area contributed by atoms with Crippen LogP contribution in [-0.4, -0.2) is 38.9 Å². The van der Waals surface area contributed by atoms with Crippen LogP contribution in [0.25, 0.3) is 0 Å². The van der Waals surface area contributed by atoms with Crippen LogP contribution in [0.3, 0.4) is 0 Å². The van der Waals surface area contributed by atoms with Crippen molar-refractivity contribution in [3.05, 3.63) is 29.8 Å². The SMILES string of the molecule is CCCCCCCCCc1ccc(OCCOCCOCCCl)cc1. The second kappa shape index (κ2) is 16.7. The van der Waals surface area contributed by atoms with Crippen LogP contribution in [0.2, 0.25) is 0 Å². The van der Waals surface area contributed by atoms with Crippen molar-refractivity contribution in [3.8, 4) is 5.75 Å². The number of hydrogen-bond donors (Lipinski definition) is 0. The molecule has 0 fully saturated rings. The normalized spacial score (nSPS) is 11.0. The van der Waals surface area contributed by atoms with Gasteiger partial charge >= 0.3 is 0 Å². The van der Waals surface area contributed by atoms with Gasteiger partial charge in [-0.25, -0.2) is 0 Å². The molecular formula is C21H35ClO3. The van der Waals surface area contributed by atoms with Crippen LogP contribution in [0, 0.1) is 0 Å². The molecule has 0 aliphatic rings. The summed E-state index contributed by atoms with van der Waals surface area (Å²) in [6, 6.07) is 8.46. The highest BCUT2D eigenvalue weighted by Crippen LogP contribution is 2.15. The Kier molecular flexibility index (Phi) is 14.9. The van der Waals surface area contributed by atoms with Gasteiger partial charge in [-0.2, -0.15) is 0 Å². The lowest BCUT2D eigenvalue weighted by Crippen LogP contribution is -2.11. The van der Waals surface area contributed by atoms with E-state index in [4.69, 9.17) is 25.8 Å². The fourth-order valence-electron chi connectivity index (χ4n) is 2.63. The van der Waals surface area contributed by atoms with Gasteiger partial charge in [-0.3, -0.25) is 0 Å². The molecule has 25 heavy (non-hydrogen) atoms. The summed E-state index contributed by atoms with van der Waals surface area (Å²) in [5.41, 5.74) is 1.40. The molecule has 1 aromatic rings. The van der Waals surface area contributed by atoms with Crippen LogP contribution in [0.5, 0.6) is 5.75 Å². The van der Waals surface area contributed by atoms with Gasteiger partial charge in [0.25, 0.3) is 0 Å². The molecule has 0 saturated heterocycles. The number of ether oxygens (including phenoxy) is 3. The Labute approximate surface area is 159 Å². The third-order valence-electron chi connectivity index (χ3n) is 4.08. The van der Waals surface area contributed by atoms with Gasteiger partial charge in [-0.05, 0) is 30.5 Å². The Morgan fingerprint density at radius 3 is 2.00 bits per heavy atom. The number of unbranched alkanes of at least 4 members (excludes halogenated alkanes) is 6. The quantitative estimate of drug-likeness (QED) is 0.262. The standard InChI is InChI=1S/C21H35ClO3/c1-2-3-4-5-6-7-8-9-20-10-12-21(13-11-20)25-19-18-24-17-16-23-15-14-22/h10-13H,2-9,14-19H2,1H3. The second-order valence-electron chi connectivity index (χ2n) is 6.28. The van der Waals surface area contributed by atoms with Crippen molar-refractivity contribution in [2.45, 2.75) is 58.3 Å². The van der Waals surface area contributed by atoms with Gasteiger partial charge in [0, 0.05) is 5.88 Å². The number of aryl methyl sites for hydroxylation is 1. The lowest BCUT2D eigenvalue weighted by molar-refractivity contribution is 0.0410. The van der Waals surface area contributed by atoms with Crippen LogP contribution in [-0.2, 0) is 15.9 Å². The van der Waals surface area contributed by atoms with Gasteiger partial charge in [0.1, 0.15) is 12.4 Å². The molecular weight excluding hydrogens is 336 g/mol. The van der Waals surface area contributed by atoms with E-state index >= 15 is 0 Å². The van der Waals surface area contributed by atoms with Crippen molar-refractivity contribution in [2.24, 2.45) is 0 Å². The molecule has 0 aromatic heterocycles. The summed E-state index contributed by atoms with van der Waals surface area (Å²) in [4.78, 5) is 0. The van der Waals surface area contributed by atoms with Gasteiger partial charge in [-0.15, -0.1) is 11.6 Å². The first-order chi connectivity index (χ1) is 12.4. The molecule has 144 valence electrons. The third-order valence-corrected chi connectivity index (χ3v) is 4.24. The minimum atomic E-state index is 0.526. The first-order valence-electron chi connectivity index (χ1n) is 9.80. The maximum atomic E-state index is 5.68. The average molecular weight is 371 g/mol. The predicted molar refractivity (Wildman–Crippen MR) is 106 cm³/mol. The summed E-state index contributed by atoms with van der Waals surface area (Å²) in [5, 5.41) is 0. The first kappa shape index (κ1) is 22.3. The van der Waals surface area contributed by atoms with Crippen molar-refractivity contribution in [3.63, 3.8) is 0 Å². The molecule has 0 N–H and O–H groups in total. The molecule has 4 heteroatoms. The zero-order valence-electron chi connectivity index (χ0n) is 15.8. The Morgan fingerprint density at radius 2 is 1.32 bits per heavy atom. The summed E-state index contributed by atoms with van der Waals surface area (Å²) in [6.45, 7) is 5.14. The maximum Gasteiger partial charge on any atom is 0.119 e. The fraction of sp³-hybridized carbons (Fsp3) is 0.714. The molecule has 0 aliphatic carbocycles. The van der Waals surface area contributed by atoms with Crippen LogP contribution < -0.4 is 4.74 Å². The van der Waals surface area contributed by atoms with Crippen molar-refractivity contribution in [1.29, 1.82) is 0 Å². The number of hydrogen-bond acceptors (Lipinski definition) is 3. The molecule has 0 amide bonds. The van der Waals surface area contributed by atoms with E-state index in [1.165, 1.54) is 56.9 Å². The second-order valence-corrected chi connectivity index (χ2v) is 6.66. The maximum absolute atomic E-state index is 5.68. The van der Waals surface area contributed by atoms with Gasteiger partial charge in [0.15, 0.2) is 0 Å². The van der Waals surface area contributed by atoms with E-state index in [1.54, 1.807) is 0 Å². The molecule has 0 radical (unpaired) electrons. The van der Waals surface area contributed by atoms with E-state index < -0.39 is 0 Å². The number of halogens is 1. The zero-order chi connectivity index (χ0) is 18.0. The van der Waals surface area contributed by atoms with Crippen molar-refractivity contribution in [1.82, 2.24) is 0 Å². The smallest absolute Gasteiger partial charge is 0.119 e. The number of alkyl halides is 1. The monoisotopic (exact) mass is 370 g/mol. The van der Waals surface area contributed by atoms with Gasteiger partial charge in [0.2, 0.25) is 0 Å². The van der Waals surface area contributed by atoms with Gasteiger partial charge < -0.3 is 14.2 Å². The van der Waals surface area contributed by atoms with E-state index in [2.05, 4.69) is 31.2 Å². The van der Waals surface area contributed by atoms with Crippen molar-refractivity contribution >= 4 is 11.6 Å². The Bertz CT molecular complexity index is 395. The Balaban J connectivity index is 2.00. The molecule has 0 unspecified atom stereocenters. The molecule has 0 aliphatic heterocycles. The molecule has 0 atom stereocenters. The Hall–Kier alpha value is -0.770. The highest BCUT2D eigenvalue weighted by atomic mass is 35.5. The third kappa shape index (κ3) is 13.1. The summed E-state index contributed by atoms with van der Waals surface area (Å²) in [6.07, 6.45) is 10.7. The van der Waals surface area contributed by atoms with E-state index in [0.717, 1.165) is 5.75 Å². The number of benzene rings is 1. The molecule has 0 saturated carbocycles. The Morgan fingerprint density at radius 1 is 0.720 bits per heavy atom. The average Bonchev–Trinajstić information content (AvgIpc) is 2.64. The van der Waals surface area contributed by atoms with E-state index in [1.807, 2.05) is 0 Å². The summed E-state index contributed by atoms with van der Waals surface area (Å²) in [7, 11) is 0. The molecule has 0 spiro atoms. The van der Waals surface area contributed by atoms with Gasteiger partial charge in [-0.1, -0.05) is 57.6 Å². The highest BCUT2D eigenvalue weighted by molar-refractivity contribution is 6.17. The summed E-state index contributed by atoms with van der Waals surface area (Å²) >= 11 is 5.52. The lowest BCUT2D eigenvalue weighted by atomic mass is 10.0. The van der Waals surface area contributed by atoms with E-state index in [-0.39, 0.29) is 0 Å². The fourth-order valence-corrected chi connectivity index (χ4v) is 2.74. The minimum Gasteiger partial charge on any atom is -0.491 e. The molecule has 3 nitrogen and oxygen atoms in total. The van der Waals surface area contributed by atoms with E-state index in [9.17, 15) is 0 Å². The van der Waals surface area contributed by atoms with Crippen LogP contribution in [0.15, 0.2) is 24.3 Å². The summed E-state index contributed by atoms with van der Waals surface area (Å²) in [5.74, 6) is 1.43. The molecule has 1 aromatic carbocycles. The van der Waals surface area contributed by atoms with Gasteiger partial charge in [0.05, 0.1) is 26.4 Å². The van der Waals surface area contributed by atoms with Crippen molar-refractivity contribution < 1.29 is 14.2 Å². The first-order valence-corrected chi connectivity index (χ1v) is 10.3. The predicted octanol–water partition coefficient (Wildman–Crippen LogP) is 5.63. The minimum absolute atomic E-state index is 0.526. The molecule has 0 heterocycles. The van der Waals surface area contributed by atoms with Crippen LogP contribution >= 0.6 is 11.6 Å². The van der Waals surface area contributed by atoms with E-state index in [0.29, 0.717) is 38.9 Å². The molecule has 1 rings (SSSR count). The zero-order valence-corrected chi connectivity index (χ0v) is 16.6. The van der Waals surface area contributed by atoms with Crippen LogP contribution in [0.1, 0.15) is 57.4 Å². The highest BCUT2D eigenvalue weighted by Gasteiger charge is 1.98. The topological polar surface area (TPSA) is 27.7 Å². The number of rotatable bonds is 17. The van der Waals surface area contributed by atoms with Crippen molar-refractivity contribution in [2.75, 3.05) is 38.9 Å².